The zero-order valence-electron chi connectivity index (χ0n) is 13.3. The highest BCUT2D eigenvalue weighted by molar-refractivity contribution is 7.91. The number of aromatic nitrogens is 1. The Labute approximate surface area is 141 Å². The summed E-state index contributed by atoms with van der Waals surface area (Å²) in [6, 6.07) is 10.7. The van der Waals surface area contributed by atoms with Crippen LogP contribution < -0.4 is 10.6 Å². The highest BCUT2D eigenvalue weighted by Gasteiger charge is 2.27. The van der Waals surface area contributed by atoms with E-state index >= 15 is 0 Å². The molecule has 1 aliphatic heterocycles. The highest BCUT2D eigenvalue weighted by Crippen LogP contribution is 2.18. The standard InChI is InChI=1S/C17H19N3O3S/c1-12-4-2-3-5-15(12)17(21)20-13-6-7-16(18-10-13)19-14-8-9-24(22,23)11-14/h2-7,10,14H,8-9,11H2,1H3,(H,18,19)(H,20,21). The maximum absolute atomic E-state index is 12.2. The number of anilines is 2. The minimum absolute atomic E-state index is 0.102. The quantitative estimate of drug-likeness (QED) is 0.887. The molecule has 1 fully saturated rings. The van der Waals surface area contributed by atoms with Crippen molar-refractivity contribution in [1.29, 1.82) is 0 Å². The van der Waals surface area contributed by atoms with E-state index in [0.29, 0.717) is 23.5 Å². The molecule has 1 aliphatic rings. The summed E-state index contributed by atoms with van der Waals surface area (Å²) in [7, 11) is -2.92. The van der Waals surface area contributed by atoms with Crippen LogP contribution >= 0.6 is 0 Å². The summed E-state index contributed by atoms with van der Waals surface area (Å²) in [6.45, 7) is 1.88. The Morgan fingerprint density at radius 3 is 2.62 bits per heavy atom. The molecule has 2 heterocycles. The van der Waals surface area contributed by atoms with E-state index in [9.17, 15) is 13.2 Å². The number of carbonyl (C=O) groups excluding carboxylic acids is 1. The highest BCUT2D eigenvalue weighted by atomic mass is 32.2. The number of nitrogens with one attached hydrogen (secondary N) is 2. The minimum atomic E-state index is -2.92. The van der Waals surface area contributed by atoms with Crippen LogP contribution in [0.2, 0.25) is 0 Å². The van der Waals surface area contributed by atoms with Crippen LogP contribution in [0.3, 0.4) is 0 Å². The second kappa shape index (κ2) is 6.60. The fraction of sp³-hybridized carbons (Fsp3) is 0.294. The van der Waals surface area contributed by atoms with Crippen molar-refractivity contribution in [3.05, 3.63) is 53.7 Å². The van der Waals surface area contributed by atoms with Crippen molar-refractivity contribution in [2.75, 3.05) is 22.1 Å². The Balaban J connectivity index is 1.63. The lowest BCUT2D eigenvalue weighted by Gasteiger charge is -2.12. The van der Waals surface area contributed by atoms with E-state index in [0.717, 1.165) is 5.56 Å². The Morgan fingerprint density at radius 1 is 1.21 bits per heavy atom. The third-order valence-electron chi connectivity index (χ3n) is 4.00. The summed E-state index contributed by atoms with van der Waals surface area (Å²) in [5, 5.41) is 5.92. The normalized spacial score (nSPS) is 19.0. The number of hydrogen-bond donors (Lipinski definition) is 2. The van der Waals surface area contributed by atoms with Crippen molar-refractivity contribution < 1.29 is 13.2 Å². The monoisotopic (exact) mass is 345 g/mol. The summed E-state index contributed by atoms with van der Waals surface area (Å²) in [4.78, 5) is 16.5. The topological polar surface area (TPSA) is 88.2 Å². The summed E-state index contributed by atoms with van der Waals surface area (Å²) in [6.07, 6.45) is 2.15. The average Bonchev–Trinajstić information content (AvgIpc) is 2.88. The fourth-order valence-corrected chi connectivity index (χ4v) is 4.37. The van der Waals surface area contributed by atoms with E-state index < -0.39 is 9.84 Å². The van der Waals surface area contributed by atoms with Crippen LogP contribution in [0.1, 0.15) is 22.3 Å². The van der Waals surface area contributed by atoms with E-state index in [1.54, 1.807) is 24.4 Å². The number of amides is 1. The van der Waals surface area contributed by atoms with Gasteiger partial charge in [-0.05, 0) is 37.1 Å². The van der Waals surface area contributed by atoms with Gasteiger partial charge in [0.25, 0.3) is 5.91 Å². The zero-order chi connectivity index (χ0) is 17.2. The first-order valence-electron chi connectivity index (χ1n) is 7.73. The van der Waals surface area contributed by atoms with Crippen LogP contribution in [-0.4, -0.2) is 36.9 Å². The van der Waals surface area contributed by atoms with E-state index in [1.807, 2.05) is 25.1 Å². The molecule has 1 saturated heterocycles. The first kappa shape index (κ1) is 16.4. The summed E-state index contributed by atoms with van der Waals surface area (Å²) in [5.74, 6) is 0.777. The van der Waals surface area contributed by atoms with Crippen LogP contribution in [-0.2, 0) is 9.84 Å². The van der Waals surface area contributed by atoms with Gasteiger partial charge in [0.1, 0.15) is 5.82 Å². The fourth-order valence-electron chi connectivity index (χ4n) is 2.70. The van der Waals surface area contributed by atoms with Gasteiger partial charge in [-0.3, -0.25) is 4.79 Å². The van der Waals surface area contributed by atoms with Gasteiger partial charge in [0, 0.05) is 11.6 Å². The largest absolute Gasteiger partial charge is 0.366 e. The zero-order valence-corrected chi connectivity index (χ0v) is 14.1. The van der Waals surface area contributed by atoms with Crippen molar-refractivity contribution in [2.45, 2.75) is 19.4 Å². The number of rotatable bonds is 4. The average molecular weight is 345 g/mol. The number of carbonyl (C=O) groups is 1. The molecular formula is C17H19N3O3S. The summed E-state index contributed by atoms with van der Waals surface area (Å²) < 4.78 is 22.9. The molecule has 2 aromatic rings. The molecule has 1 aromatic heterocycles. The van der Waals surface area contributed by atoms with Gasteiger partial charge in [-0.1, -0.05) is 18.2 Å². The molecule has 0 radical (unpaired) electrons. The predicted molar refractivity (Wildman–Crippen MR) is 94.1 cm³/mol. The molecule has 0 bridgehead atoms. The third-order valence-corrected chi connectivity index (χ3v) is 5.76. The number of hydrogen-bond acceptors (Lipinski definition) is 5. The molecule has 126 valence electrons. The van der Waals surface area contributed by atoms with Crippen molar-refractivity contribution >= 4 is 27.2 Å². The molecule has 2 N–H and O–H groups in total. The number of aryl methyl sites for hydroxylation is 1. The second-order valence-electron chi connectivity index (χ2n) is 5.95. The first-order valence-corrected chi connectivity index (χ1v) is 9.55. The maximum Gasteiger partial charge on any atom is 0.255 e. The lowest BCUT2D eigenvalue weighted by atomic mass is 10.1. The van der Waals surface area contributed by atoms with Crippen molar-refractivity contribution in [3.63, 3.8) is 0 Å². The molecule has 0 spiro atoms. The second-order valence-corrected chi connectivity index (χ2v) is 8.17. The lowest BCUT2D eigenvalue weighted by Crippen LogP contribution is -2.21. The minimum Gasteiger partial charge on any atom is -0.366 e. The van der Waals surface area contributed by atoms with Gasteiger partial charge >= 0.3 is 0 Å². The molecule has 1 aromatic carbocycles. The Morgan fingerprint density at radius 2 is 2.00 bits per heavy atom. The number of pyridine rings is 1. The molecule has 0 saturated carbocycles. The lowest BCUT2D eigenvalue weighted by molar-refractivity contribution is 0.102. The molecule has 3 rings (SSSR count). The molecule has 1 unspecified atom stereocenters. The molecule has 7 heteroatoms. The van der Waals surface area contributed by atoms with Gasteiger partial charge in [0.2, 0.25) is 0 Å². The van der Waals surface area contributed by atoms with Crippen LogP contribution in [0.15, 0.2) is 42.6 Å². The van der Waals surface area contributed by atoms with Crippen LogP contribution in [0.5, 0.6) is 0 Å². The van der Waals surface area contributed by atoms with Crippen LogP contribution in [0.25, 0.3) is 0 Å². The Bertz CT molecular complexity index is 848. The van der Waals surface area contributed by atoms with Gasteiger partial charge in [0.15, 0.2) is 9.84 Å². The van der Waals surface area contributed by atoms with Crippen molar-refractivity contribution in [1.82, 2.24) is 4.98 Å². The number of nitrogens with zero attached hydrogens (tertiary/aromatic N) is 1. The summed E-state index contributed by atoms with van der Waals surface area (Å²) >= 11 is 0. The van der Waals surface area contributed by atoms with Gasteiger partial charge in [0.05, 0.1) is 23.4 Å². The Hall–Kier alpha value is -2.41. The summed E-state index contributed by atoms with van der Waals surface area (Å²) in [5.41, 5.74) is 2.12. The van der Waals surface area contributed by atoms with Crippen molar-refractivity contribution in [3.8, 4) is 0 Å². The van der Waals surface area contributed by atoms with E-state index in [-0.39, 0.29) is 23.5 Å². The van der Waals surface area contributed by atoms with E-state index in [4.69, 9.17) is 0 Å². The molecule has 1 amide bonds. The van der Waals surface area contributed by atoms with Crippen LogP contribution in [0, 0.1) is 6.92 Å². The molecule has 0 aliphatic carbocycles. The van der Waals surface area contributed by atoms with Crippen LogP contribution in [0.4, 0.5) is 11.5 Å². The molecule has 1 atom stereocenters. The first-order chi connectivity index (χ1) is 11.4. The van der Waals surface area contributed by atoms with Gasteiger partial charge in [-0.15, -0.1) is 0 Å². The van der Waals surface area contributed by atoms with Gasteiger partial charge in [-0.25, -0.2) is 13.4 Å². The molecule has 24 heavy (non-hydrogen) atoms. The maximum atomic E-state index is 12.2. The predicted octanol–water partition coefficient (Wildman–Crippen LogP) is 2.24. The van der Waals surface area contributed by atoms with Crippen molar-refractivity contribution in [2.24, 2.45) is 0 Å². The van der Waals surface area contributed by atoms with Gasteiger partial charge < -0.3 is 10.6 Å². The Kier molecular flexibility index (Phi) is 4.53. The molecular weight excluding hydrogens is 326 g/mol. The smallest absolute Gasteiger partial charge is 0.255 e. The van der Waals surface area contributed by atoms with E-state index in [1.165, 1.54) is 0 Å². The number of sulfone groups is 1. The van der Waals surface area contributed by atoms with E-state index in [2.05, 4.69) is 15.6 Å². The number of benzene rings is 1. The molecule has 6 nitrogen and oxygen atoms in total. The third kappa shape index (κ3) is 3.91. The SMILES string of the molecule is Cc1ccccc1C(=O)Nc1ccc(NC2CCS(=O)(=O)C2)nc1. The van der Waals surface area contributed by atoms with Gasteiger partial charge in [-0.2, -0.15) is 0 Å².